The Balaban J connectivity index is 0.00000220. The van der Waals surface area contributed by atoms with Gasteiger partial charge in [0.25, 0.3) is 0 Å². The third kappa shape index (κ3) is 6.27. The highest BCUT2D eigenvalue weighted by Crippen LogP contribution is 2.19. The van der Waals surface area contributed by atoms with Crippen molar-refractivity contribution in [3.63, 3.8) is 0 Å². The van der Waals surface area contributed by atoms with E-state index < -0.39 is 0 Å². The summed E-state index contributed by atoms with van der Waals surface area (Å²) in [5.74, 6) is 0. The van der Waals surface area contributed by atoms with Gasteiger partial charge in [-0.15, -0.1) is 35.3 Å². The summed E-state index contributed by atoms with van der Waals surface area (Å²) in [5.41, 5.74) is 6.95. The average Bonchev–Trinajstić information content (AvgIpc) is 3.00. The van der Waals surface area contributed by atoms with E-state index >= 15 is 0 Å². The SMILES string of the molecule is CSC(N)=NCCN(Cc1cccs1)c1ccccc1.I. The van der Waals surface area contributed by atoms with Crippen molar-refractivity contribution in [2.45, 2.75) is 6.54 Å². The molecule has 21 heavy (non-hydrogen) atoms. The lowest BCUT2D eigenvalue weighted by molar-refractivity contribution is 0.799. The number of aliphatic imine (C=N–C) groups is 1. The van der Waals surface area contributed by atoms with Gasteiger partial charge in [0.1, 0.15) is 0 Å². The summed E-state index contributed by atoms with van der Waals surface area (Å²) in [6.45, 7) is 2.49. The quantitative estimate of drug-likeness (QED) is 0.425. The second kappa shape index (κ2) is 10.1. The molecule has 0 bridgehead atoms. The van der Waals surface area contributed by atoms with Gasteiger partial charge < -0.3 is 10.6 Å². The van der Waals surface area contributed by atoms with Crippen molar-refractivity contribution in [3.8, 4) is 0 Å². The van der Waals surface area contributed by atoms with Gasteiger partial charge in [-0.1, -0.05) is 36.0 Å². The van der Waals surface area contributed by atoms with Crippen LogP contribution in [0.2, 0.25) is 0 Å². The summed E-state index contributed by atoms with van der Waals surface area (Å²) in [4.78, 5) is 8.05. The Kier molecular flexibility index (Phi) is 8.79. The van der Waals surface area contributed by atoms with Gasteiger partial charge in [-0.3, -0.25) is 4.99 Å². The number of hydrogen-bond donors (Lipinski definition) is 1. The third-order valence-electron chi connectivity index (χ3n) is 2.89. The molecule has 0 radical (unpaired) electrons. The van der Waals surface area contributed by atoms with Crippen LogP contribution in [0.4, 0.5) is 5.69 Å². The number of benzene rings is 1. The zero-order chi connectivity index (χ0) is 14.2. The molecule has 0 saturated carbocycles. The molecule has 0 aliphatic carbocycles. The van der Waals surface area contributed by atoms with E-state index in [0.717, 1.165) is 13.1 Å². The average molecular weight is 433 g/mol. The monoisotopic (exact) mass is 433 g/mol. The van der Waals surface area contributed by atoms with Gasteiger partial charge in [0.2, 0.25) is 0 Å². The zero-order valence-corrected chi connectivity index (χ0v) is 15.9. The molecule has 0 spiro atoms. The number of hydrogen-bond acceptors (Lipinski definition) is 4. The second-order valence-corrected chi connectivity index (χ2v) is 6.12. The number of rotatable bonds is 6. The summed E-state index contributed by atoms with van der Waals surface area (Å²) in [6.07, 6.45) is 1.94. The predicted octanol–water partition coefficient (Wildman–Crippen LogP) is 4.05. The Hall–Kier alpha value is -0.730. The van der Waals surface area contributed by atoms with Gasteiger partial charge in [-0.2, -0.15) is 0 Å². The fourth-order valence-electron chi connectivity index (χ4n) is 1.87. The van der Waals surface area contributed by atoms with Crippen LogP contribution < -0.4 is 10.6 Å². The van der Waals surface area contributed by atoms with E-state index in [4.69, 9.17) is 5.73 Å². The summed E-state index contributed by atoms with van der Waals surface area (Å²) < 4.78 is 0. The van der Waals surface area contributed by atoms with Crippen LogP contribution >= 0.6 is 47.1 Å². The number of halogens is 1. The lowest BCUT2D eigenvalue weighted by Crippen LogP contribution is -2.25. The molecule has 2 N–H and O–H groups in total. The molecule has 0 aliphatic heterocycles. The van der Waals surface area contributed by atoms with Gasteiger partial charge in [0.05, 0.1) is 13.1 Å². The van der Waals surface area contributed by atoms with Crippen molar-refractivity contribution >= 4 is 57.9 Å². The smallest absolute Gasteiger partial charge is 0.153 e. The normalized spacial score (nSPS) is 11.0. The minimum atomic E-state index is 0. The van der Waals surface area contributed by atoms with Gasteiger partial charge in [-0.25, -0.2) is 0 Å². The van der Waals surface area contributed by atoms with Crippen LogP contribution in [0.3, 0.4) is 0 Å². The summed E-state index contributed by atoms with van der Waals surface area (Å²) >= 11 is 3.27. The maximum atomic E-state index is 5.73. The minimum Gasteiger partial charge on any atom is -0.379 e. The maximum Gasteiger partial charge on any atom is 0.153 e. The fourth-order valence-corrected chi connectivity index (χ4v) is 2.81. The van der Waals surface area contributed by atoms with Gasteiger partial charge in [0, 0.05) is 17.1 Å². The third-order valence-corrected chi connectivity index (χ3v) is 4.30. The van der Waals surface area contributed by atoms with E-state index in [1.807, 2.05) is 12.3 Å². The second-order valence-electron chi connectivity index (χ2n) is 4.26. The predicted molar refractivity (Wildman–Crippen MR) is 107 cm³/mol. The fraction of sp³-hybridized carbons (Fsp3) is 0.267. The molecule has 0 unspecified atom stereocenters. The van der Waals surface area contributed by atoms with Crippen LogP contribution in [0, 0.1) is 0 Å². The van der Waals surface area contributed by atoms with E-state index in [1.165, 1.54) is 22.3 Å². The lowest BCUT2D eigenvalue weighted by atomic mass is 10.2. The molecule has 1 aromatic carbocycles. The Bertz CT molecular complexity index is 529. The number of thioether (sulfide) groups is 1. The molecule has 114 valence electrons. The summed E-state index contributed by atoms with van der Waals surface area (Å²) in [5, 5.41) is 2.76. The molecule has 3 nitrogen and oxygen atoms in total. The number of nitrogens with two attached hydrogens (primary N) is 1. The van der Waals surface area contributed by atoms with Crippen LogP contribution in [0.25, 0.3) is 0 Å². The number of nitrogens with zero attached hydrogens (tertiary/aromatic N) is 2. The molecule has 2 rings (SSSR count). The van der Waals surface area contributed by atoms with Gasteiger partial charge in [-0.05, 0) is 29.8 Å². The van der Waals surface area contributed by atoms with E-state index in [-0.39, 0.29) is 24.0 Å². The van der Waals surface area contributed by atoms with Crippen LogP contribution in [0.5, 0.6) is 0 Å². The molecule has 0 aliphatic rings. The Morgan fingerprint density at radius 3 is 2.62 bits per heavy atom. The first-order valence-electron chi connectivity index (χ1n) is 6.46. The molecule has 0 amide bonds. The standard InChI is InChI=1S/C15H19N3S2.HI/c1-19-15(16)17-9-10-18(12-14-8-5-11-20-14)13-6-3-2-4-7-13;/h2-8,11H,9-10,12H2,1H3,(H2,16,17);1H. The number of para-hydroxylation sites is 1. The van der Waals surface area contributed by atoms with E-state index in [1.54, 1.807) is 11.3 Å². The first-order valence-corrected chi connectivity index (χ1v) is 8.56. The van der Waals surface area contributed by atoms with Crippen molar-refractivity contribution in [1.82, 2.24) is 0 Å². The molecule has 1 aromatic heterocycles. The van der Waals surface area contributed by atoms with Crippen molar-refractivity contribution in [1.29, 1.82) is 0 Å². The highest BCUT2D eigenvalue weighted by atomic mass is 127. The van der Waals surface area contributed by atoms with E-state index in [9.17, 15) is 0 Å². The van der Waals surface area contributed by atoms with Crippen LogP contribution in [-0.2, 0) is 6.54 Å². The lowest BCUT2D eigenvalue weighted by Gasteiger charge is -2.23. The summed E-state index contributed by atoms with van der Waals surface area (Å²) in [7, 11) is 0. The topological polar surface area (TPSA) is 41.6 Å². The Labute approximate surface area is 151 Å². The zero-order valence-electron chi connectivity index (χ0n) is 11.9. The molecule has 6 heteroatoms. The minimum absolute atomic E-state index is 0. The first kappa shape index (κ1) is 18.3. The largest absolute Gasteiger partial charge is 0.379 e. The van der Waals surface area contributed by atoms with Crippen molar-refractivity contribution in [3.05, 3.63) is 52.7 Å². The Morgan fingerprint density at radius 2 is 2.00 bits per heavy atom. The highest BCUT2D eigenvalue weighted by Gasteiger charge is 2.07. The van der Waals surface area contributed by atoms with Gasteiger partial charge in [0.15, 0.2) is 5.17 Å². The molecule has 2 aromatic rings. The molecular formula is C15H20IN3S2. The number of amidine groups is 1. The Morgan fingerprint density at radius 1 is 1.24 bits per heavy atom. The van der Waals surface area contributed by atoms with Gasteiger partial charge >= 0.3 is 0 Å². The molecule has 0 saturated heterocycles. The number of thiophene rings is 1. The summed E-state index contributed by atoms with van der Waals surface area (Å²) in [6, 6.07) is 14.7. The van der Waals surface area contributed by atoms with Crippen LogP contribution in [0.15, 0.2) is 52.8 Å². The van der Waals surface area contributed by atoms with Crippen molar-refractivity contribution in [2.24, 2.45) is 10.7 Å². The number of anilines is 1. The van der Waals surface area contributed by atoms with Crippen molar-refractivity contribution in [2.75, 3.05) is 24.2 Å². The van der Waals surface area contributed by atoms with Crippen LogP contribution in [0.1, 0.15) is 4.88 Å². The van der Waals surface area contributed by atoms with Crippen molar-refractivity contribution < 1.29 is 0 Å². The van der Waals surface area contributed by atoms with E-state index in [2.05, 4.69) is 51.7 Å². The van der Waals surface area contributed by atoms with Crippen LogP contribution in [-0.4, -0.2) is 24.5 Å². The van der Waals surface area contributed by atoms with E-state index in [0.29, 0.717) is 11.7 Å². The molecular weight excluding hydrogens is 413 g/mol. The molecule has 1 heterocycles. The molecule has 0 fully saturated rings. The molecule has 0 atom stereocenters. The highest BCUT2D eigenvalue weighted by molar-refractivity contribution is 14.0. The first-order chi connectivity index (χ1) is 9.79. The maximum absolute atomic E-state index is 5.73.